The van der Waals surface area contributed by atoms with Crippen LogP contribution in [0.25, 0.3) is 0 Å². The predicted octanol–water partition coefficient (Wildman–Crippen LogP) is 3.94. The van der Waals surface area contributed by atoms with Crippen LogP contribution in [0.3, 0.4) is 0 Å². The van der Waals surface area contributed by atoms with E-state index < -0.39 is 0 Å². The molecule has 3 aliphatic carbocycles. The molecule has 0 amide bonds. The van der Waals surface area contributed by atoms with Crippen LogP contribution >= 0.6 is 0 Å². The van der Waals surface area contributed by atoms with E-state index in [0.29, 0.717) is 35.2 Å². The van der Waals surface area contributed by atoms with E-state index >= 15 is 0 Å². The summed E-state index contributed by atoms with van der Waals surface area (Å²) >= 11 is 0. The van der Waals surface area contributed by atoms with E-state index in [1.54, 1.807) is 6.92 Å². The van der Waals surface area contributed by atoms with Gasteiger partial charge >= 0.3 is 0 Å². The second-order valence-corrected chi connectivity index (χ2v) is 7.50. The Hall–Kier alpha value is -0.920. The zero-order valence-corrected chi connectivity index (χ0v) is 12.9. The molecule has 0 saturated heterocycles. The Balaban J connectivity index is 1.86. The first-order valence-corrected chi connectivity index (χ1v) is 8.18. The van der Waals surface area contributed by atoms with Gasteiger partial charge < -0.3 is 0 Å². The van der Waals surface area contributed by atoms with Crippen molar-refractivity contribution in [3.05, 3.63) is 11.6 Å². The summed E-state index contributed by atoms with van der Waals surface area (Å²) in [5.41, 5.74) is 1.30. The van der Waals surface area contributed by atoms with E-state index in [-0.39, 0.29) is 5.41 Å². The molecule has 2 saturated carbocycles. The average Bonchev–Trinajstić information content (AvgIpc) is 2.42. The van der Waals surface area contributed by atoms with Gasteiger partial charge in [-0.2, -0.15) is 0 Å². The first-order chi connectivity index (χ1) is 9.43. The zero-order valence-electron chi connectivity index (χ0n) is 12.9. The minimum atomic E-state index is -0.118. The molecule has 0 aromatic heterocycles. The molecule has 2 heteroatoms. The van der Waals surface area contributed by atoms with Crippen molar-refractivity contribution in [1.82, 2.24) is 0 Å². The van der Waals surface area contributed by atoms with Crippen LogP contribution < -0.4 is 0 Å². The molecule has 3 aliphatic rings. The minimum absolute atomic E-state index is 0.118. The molecule has 0 aliphatic heterocycles. The number of ketones is 2. The first-order valence-electron chi connectivity index (χ1n) is 8.18. The van der Waals surface area contributed by atoms with Gasteiger partial charge in [-0.25, -0.2) is 0 Å². The summed E-state index contributed by atoms with van der Waals surface area (Å²) in [6.07, 6.45) is 8.17. The number of allylic oxidation sites excluding steroid dienone is 2. The molecule has 0 radical (unpaired) electrons. The van der Waals surface area contributed by atoms with Gasteiger partial charge in [0.25, 0.3) is 0 Å². The number of hydrogen-bond donors (Lipinski definition) is 0. The highest BCUT2D eigenvalue weighted by Gasteiger charge is 2.50. The molecule has 110 valence electrons. The van der Waals surface area contributed by atoms with Crippen molar-refractivity contribution in [3.8, 4) is 0 Å². The van der Waals surface area contributed by atoms with Crippen molar-refractivity contribution < 1.29 is 9.59 Å². The minimum Gasteiger partial charge on any atom is -0.299 e. The molecule has 0 N–H and O–H groups in total. The van der Waals surface area contributed by atoms with Crippen LogP contribution in [0.15, 0.2) is 11.6 Å². The Morgan fingerprint density at radius 2 is 1.95 bits per heavy atom. The highest BCUT2D eigenvalue weighted by Crippen LogP contribution is 2.56. The molecule has 0 spiro atoms. The molecule has 5 unspecified atom stereocenters. The monoisotopic (exact) mass is 274 g/mol. The lowest BCUT2D eigenvalue weighted by Gasteiger charge is -2.53. The fourth-order valence-electron chi connectivity index (χ4n) is 5.16. The molecule has 0 heterocycles. The number of rotatable bonds is 1. The number of Topliss-reactive ketones (excluding diaryl/α,β-unsaturated/α-hetero) is 1. The highest BCUT2D eigenvalue weighted by molar-refractivity contribution is 5.91. The van der Waals surface area contributed by atoms with Crippen molar-refractivity contribution in [2.75, 3.05) is 0 Å². The fourth-order valence-corrected chi connectivity index (χ4v) is 5.16. The van der Waals surface area contributed by atoms with Crippen LogP contribution in [0.1, 0.15) is 59.3 Å². The number of carbonyl (C=O) groups excluding carboxylic acids is 2. The second-order valence-electron chi connectivity index (χ2n) is 7.50. The van der Waals surface area contributed by atoms with Gasteiger partial charge in [0.2, 0.25) is 0 Å². The lowest BCUT2D eigenvalue weighted by Crippen LogP contribution is -2.48. The van der Waals surface area contributed by atoms with Crippen molar-refractivity contribution in [2.45, 2.75) is 59.3 Å². The molecule has 0 bridgehead atoms. The maximum absolute atomic E-state index is 12.1. The average molecular weight is 274 g/mol. The van der Waals surface area contributed by atoms with E-state index in [2.05, 4.69) is 13.8 Å². The zero-order chi connectivity index (χ0) is 14.5. The van der Waals surface area contributed by atoms with Crippen LogP contribution in [0.4, 0.5) is 0 Å². The van der Waals surface area contributed by atoms with Crippen molar-refractivity contribution in [1.29, 1.82) is 0 Å². The van der Waals surface area contributed by atoms with Gasteiger partial charge in [0.15, 0.2) is 5.78 Å². The molecule has 2 fully saturated rings. The van der Waals surface area contributed by atoms with Crippen LogP contribution in [-0.4, -0.2) is 11.6 Å². The fraction of sp³-hybridized carbons (Fsp3) is 0.778. The maximum Gasteiger partial charge on any atom is 0.155 e. The summed E-state index contributed by atoms with van der Waals surface area (Å²) in [7, 11) is 0. The Labute approximate surface area is 122 Å². The third-order valence-electron chi connectivity index (χ3n) is 6.81. The van der Waals surface area contributed by atoms with Crippen LogP contribution in [-0.2, 0) is 9.59 Å². The molecule has 0 aromatic carbocycles. The molecule has 3 rings (SSSR count). The summed E-state index contributed by atoms with van der Waals surface area (Å²) in [4.78, 5) is 23.7. The SMILES string of the molecule is CC(=O)C1(C)CCC2C3CCC(=O)C=C3CCC2C1C. The number of hydrogen-bond acceptors (Lipinski definition) is 2. The summed E-state index contributed by atoms with van der Waals surface area (Å²) < 4.78 is 0. The standard InChI is InChI=1S/C18H26O2/c1-11-15-6-4-13-10-14(20)5-7-16(13)17(15)8-9-18(11,3)12(2)19/h10-11,15-17H,4-9H2,1-3H3. The van der Waals surface area contributed by atoms with Gasteiger partial charge in [-0.1, -0.05) is 19.4 Å². The largest absolute Gasteiger partial charge is 0.299 e. The lowest BCUT2D eigenvalue weighted by molar-refractivity contribution is -0.135. The highest BCUT2D eigenvalue weighted by atomic mass is 16.1. The van der Waals surface area contributed by atoms with Gasteiger partial charge in [-0.05, 0) is 68.8 Å². The molecular formula is C18H26O2. The molecular weight excluding hydrogens is 248 g/mol. The summed E-state index contributed by atoms with van der Waals surface area (Å²) in [6.45, 7) is 6.23. The van der Waals surface area contributed by atoms with E-state index in [1.807, 2.05) is 6.08 Å². The third kappa shape index (κ3) is 1.99. The van der Waals surface area contributed by atoms with Gasteiger partial charge in [-0.15, -0.1) is 0 Å². The Morgan fingerprint density at radius 1 is 1.20 bits per heavy atom. The Kier molecular flexibility index (Phi) is 3.38. The topological polar surface area (TPSA) is 34.1 Å². The van der Waals surface area contributed by atoms with Crippen LogP contribution in [0.2, 0.25) is 0 Å². The van der Waals surface area contributed by atoms with Gasteiger partial charge in [0.05, 0.1) is 0 Å². The van der Waals surface area contributed by atoms with Crippen LogP contribution in [0.5, 0.6) is 0 Å². The first kappa shape index (κ1) is 14.0. The molecule has 2 nitrogen and oxygen atoms in total. The second kappa shape index (κ2) is 4.82. The van der Waals surface area contributed by atoms with E-state index in [9.17, 15) is 9.59 Å². The smallest absolute Gasteiger partial charge is 0.155 e. The summed E-state index contributed by atoms with van der Waals surface area (Å²) in [5, 5.41) is 0. The van der Waals surface area contributed by atoms with Crippen molar-refractivity contribution in [3.63, 3.8) is 0 Å². The van der Waals surface area contributed by atoms with Crippen molar-refractivity contribution >= 4 is 11.6 Å². The maximum atomic E-state index is 12.1. The lowest BCUT2D eigenvalue weighted by atomic mass is 9.51. The van der Waals surface area contributed by atoms with Gasteiger partial charge in [-0.3, -0.25) is 9.59 Å². The Bertz CT molecular complexity index is 476. The van der Waals surface area contributed by atoms with E-state index in [1.165, 1.54) is 18.4 Å². The molecule has 0 aromatic rings. The quantitative estimate of drug-likeness (QED) is 0.725. The summed E-state index contributed by atoms with van der Waals surface area (Å²) in [5.74, 6) is 3.19. The third-order valence-corrected chi connectivity index (χ3v) is 6.81. The van der Waals surface area contributed by atoms with E-state index in [4.69, 9.17) is 0 Å². The molecule has 20 heavy (non-hydrogen) atoms. The van der Waals surface area contributed by atoms with E-state index in [0.717, 1.165) is 25.7 Å². The van der Waals surface area contributed by atoms with Crippen molar-refractivity contribution in [2.24, 2.45) is 29.1 Å². The van der Waals surface area contributed by atoms with Gasteiger partial charge in [0.1, 0.15) is 5.78 Å². The number of fused-ring (bicyclic) bond motifs is 3. The number of carbonyl (C=O) groups is 2. The Morgan fingerprint density at radius 3 is 2.65 bits per heavy atom. The normalized spacial score (nSPS) is 44.4. The van der Waals surface area contributed by atoms with Gasteiger partial charge in [0, 0.05) is 11.8 Å². The predicted molar refractivity (Wildman–Crippen MR) is 79.2 cm³/mol. The summed E-state index contributed by atoms with van der Waals surface area (Å²) in [6, 6.07) is 0. The molecule has 5 atom stereocenters. The van der Waals surface area contributed by atoms with Crippen LogP contribution in [0, 0.1) is 29.1 Å².